The average Bonchev–Trinajstić information content (AvgIpc) is 3.04. The number of amides is 1. The Hall–Kier alpha value is -2.22. The molecule has 0 radical (unpaired) electrons. The van der Waals surface area contributed by atoms with Crippen LogP contribution >= 0.6 is 22.6 Å². The van der Waals surface area contributed by atoms with Crippen molar-refractivity contribution in [1.82, 2.24) is 4.98 Å². The molecule has 1 amide bonds. The number of fused-ring (bicyclic) bond motifs is 1. The molecule has 0 spiro atoms. The predicted molar refractivity (Wildman–Crippen MR) is 98.5 cm³/mol. The van der Waals surface area contributed by atoms with Crippen LogP contribution in [0.4, 0.5) is 5.69 Å². The first kappa shape index (κ1) is 15.7. The summed E-state index contributed by atoms with van der Waals surface area (Å²) < 4.78 is 11.3. The Kier molecular flexibility index (Phi) is 4.42. The highest BCUT2D eigenvalue weighted by molar-refractivity contribution is 14.1. The molecule has 5 nitrogen and oxygen atoms in total. The van der Waals surface area contributed by atoms with E-state index in [-0.39, 0.29) is 5.91 Å². The summed E-state index contributed by atoms with van der Waals surface area (Å²) in [6, 6.07) is 11.1. The van der Waals surface area contributed by atoms with Gasteiger partial charge < -0.3 is 19.8 Å². The van der Waals surface area contributed by atoms with Crippen LogP contribution in [0.2, 0.25) is 0 Å². The molecule has 6 heteroatoms. The highest BCUT2D eigenvalue weighted by atomic mass is 127. The first-order valence-electron chi connectivity index (χ1n) is 6.93. The van der Waals surface area contributed by atoms with E-state index in [0.717, 1.165) is 20.2 Å². The number of halogens is 1. The number of anilines is 1. The van der Waals surface area contributed by atoms with Crippen molar-refractivity contribution in [2.24, 2.45) is 0 Å². The molecule has 0 aliphatic rings. The fraction of sp³-hybridized carbons (Fsp3) is 0.118. The monoisotopic (exact) mass is 422 g/mol. The SMILES string of the molecule is COc1cc(I)c(C(=O)Nc2cccc3[nH]ccc23)cc1OC. The van der Waals surface area contributed by atoms with Gasteiger partial charge in [-0.05, 0) is 52.9 Å². The number of carbonyl (C=O) groups is 1. The third kappa shape index (κ3) is 2.98. The highest BCUT2D eigenvalue weighted by Crippen LogP contribution is 2.32. The van der Waals surface area contributed by atoms with Gasteiger partial charge in [0.15, 0.2) is 11.5 Å². The van der Waals surface area contributed by atoms with E-state index < -0.39 is 0 Å². The number of carbonyl (C=O) groups excluding carboxylic acids is 1. The van der Waals surface area contributed by atoms with Gasteiger partial charge >= 0.3 is 0 Å². The second kappa shape index (κ2) is 6.49. The van der Waals surface area contributed by atoms with Gasteiger partial charge in [0.1, 0.15) is 0 Å². The number of methoxy groups -OCH3 is 2. The molecule has 0 aliphatic carbocycles. The number of aromatic amines is 1. The van der Waals surface area contributed by atoms with Crippen LogP contribution in [0.25, 0.3) is 10.9 Å². The van der Waals surface area contributed by atoms with Gasteiger partial charge in [0.25, 0.3) is 5.91 Å². The molecule has 3 rings (SSSR count). The molecule has 0 saturated heterocycles. The number of hydrogen-bond donors (Lipinski definition) is 2. The van der Waals surface area contributed by atoms with E-state index in [9.17, 15) is 4.79 Å². The zero-order valence-corrected chi connectivity index (χ0v) is 14.8. The summed E-state index contributed by atoms with van der Waals surface area (Å²) in [5.74, 6) is 0.933. The Labute approximate surface area is 147 Å². The van der Waals surface area contributed by atoms with Crippen LogP contribution in [0.1, 0.15) is 10.4 Å². The molecule has 118 valence electrons. The molecule has 3 aromatic rings. The standard InChI is InChI=1S/C17H15IN2O3/c1-22-15-8-11(12(18)9-16(15)23-2)17(21)20-14-5-3-4-13-10(14)6-7-19-13/h3-9,19H,1-2H3,(H,20,21). The van der Waals surface area contributed by atoms with E-state index >= 15 is 0 Å². The molecule has 2 N–H and O–H groups in total. The van der Waals surface area contributed by atoms with Crippen LogP contribution in [0.5, 0.6) is 11.5 Å². The fourth-order valence-corrected chi connectivity index (χ4v) is 3.10. The van der Waals surface area contributed by atoms with Crippen molar-refractivity contribution >= 4 is 45.1 Å². The predicted octanol–water partition coefficient (Wildman–Crippen LogP) is 4.04. The minimum absolute atomic E-state index is 0.191. The van der Waals surface area contributed by atoms with Crippen molar-refractivity contribution in [2.75, 3.05) is 19.5 Å². The molecular formula is C17H15IN2O3. The third-order valence-electron chi connectivity index (χ3n) is 3.56. The number of benzene rings is 2. The van der Waals surface area contributed by atoms with Crippen LogP contribution in [-0.4, -0.2) is 25.1 Å². The van der Waals surface area contributed by atoms with E-state index in [1.54, 1.807) is 26.4 Å². The Bertz CT molecular complexity index is 873. The Morgan fingerprint density at radius 1 is 1.13 bits per heavy atom. The zero-order valence-electron chi connectivity index (χ0n) is 12.6. The van der Waals surface area contributed by atoms with Gasteiger partial charge in [0, 0.05) is 20.7 Å². The highest BCUT2D eigenvalue weighted by Gasteiger charge is 2.16. The number of nitrogens with one attached hydrogen (secondary N) is 2. The molecule has 0 aliphatic heterocycles. The van der Waals surface area contributed by atoms with E-state index in [4.69, 9.17) is 9.47 Å². The molecule has 0 atom stereocenters. The van der Waals surface area contributed by atoms with E-state index in [1.165, 1.54) is 0 Å². The van der Waals surface area contributed by atoms with Gasteiger partial charge in [-0.15, -0.1) is 0 Å². The Morgan fingerprint density at radius 3 is 2.61 bits per heavy atom. The Balaban J connectivity index is 1.96. The molecular weight excluding hydrogens is 407 g/mol. The lowest BCUT2D eigenvalue weighted by Crippen LogP contribution is -2.14. The van der Waals surface area contributed by atoms with Crippen molar-refractivity contribution in [3.8, 4) is 11.5 Å². The van der Waals surface area contributed by atoms with E-state index in [2.05, 4.69) is 32.9 Å². The van der Waals surface area contributed by atoms with Gasteiger partial charge in [0.2, 0.25) is 0 Å². The summed E-state index contributed by atoms with van der Waals surface area (Å²) in [5.41, 5.74) is 2.28. The molecule has 0 bridgehead atoms. The van der Waals surface area contributed by atoms with Crippen molar-refractivity contribution in [2.45, 2.75) is 0 Å². The second-order valence-electron chi connectivity index (χ2n) is 4.89. The number of aromatic nitrogens is 1. The smallest absolute Gasteiger partial charge is 0.256 e. The Morgan fingerprint density at radius 2 is 1.87 bits per heavy atom. The minimum atomic E-state index is -0.191. The second-order valence-corrected chi connectivity index (χ2v) is 6.05. The maximum Gasteiger partial charge on any atom is 0.256 e. The molecule has 23 heavy (non-hydrogen) atoms. The lowest BCUT2D eigenvalue weighted by Gasteiger charge is -2.12. The molecule has 0 unspecified atom stereocenters. The maximum absolute atomic E-state index is 12.6. The van der Waals surface area contributed by atoms with Crippen LogP contribution in [0, 0.1) is 3.57 Å². The normalized spacial score (nSPS) is 10.6. The van der Waals surface area contributed by atoms with Crippen molar-refractivity contribution in [3.05, 3.63) is 51.7 Å². The summed E-state index contributed by atoms with van der Waals surface area (Å²) in [6.45, 7) is 0. The summed E-state index contributed by atoms with van der Waals surface area (Å²) in [5, 5.41) is 3.93. The molecule has 1 aromatic heterocycles. The van der Waals surface area contributed by atoms with Crippen LogP contribution < -0.4 is 14.8 Å². The largest absolute Gasteiger partial charge is 0.493 e. The molecule has 1 heterocycles. The summed E-state index contributed by atoms with van der Waals surface area (Å²) in [4.78, 5) is 15.8. The van der Waals surface area contributed by atoms with Gasteiger partial charge in [-0.1, -0.05) is 6.07 Å². The molecule has 0 fully saturated rings. The minimum Gasteiger partial charge on any atom is -0.493 e. The number of rotatable bonds is 4. The topological polar surface area (TPSA) is 63.3 Å². The summed E-state index contributed by atoms with van der Waals surface area (Å²) >= 11 is 2.11. The summed E-state index contributed by atoms with van der Waals surface area (Å²) in [6.07, 6.45) is 1.85. The maximum atomic E-state index is 12.6. The molecule has 2 aromatic carbocycles. The van der Waals surface area contributed by atoms with Gasteiger partial charge in [-0.2, -0.15) is 0 Å². The number of H-pyrrole nitrogens is 1. The van der Waals surface area contributed by atoms with Crippen LogP contribution in [-0.2, 0) is 0 Å². The van der Waals surface area contributed by atoms with Gasteiger partial charge in [-0.25, -0.2) is 0 Å². The quantitative estimate of drug-likeness (QED) is 0.624. The van der Waals surface area contributed by atoms with Crippen molar-refractivity contribution < 1.29 is 14.3 Å². The number of hydrogen-bond acceptors (Lipinski definition) is 3. The lowest BCUT2D eigenvalue weighted by molar-refractivity contribution is 0.102. The zero-order chi connectivity index (χ0) is 16.4. The van der Waals surface area contributed by atoms with E-state index in [1.807, 2.05) is 30.5 Å². The third-order valence-corrected chi connectivity index (χ3v) is 4.45. The lowest BCUT2D eigenvalue weighted by atomic mass is 10.1. The fourth-order valence-electron chi connectivity index (χ4n) is 2.41. The van der Waals surface area contributed by atoms with E-state index in [0.29, 0.717) is 17.1 Å². The van der Waals surface area contributed by atoms with Gasteiger partial charge in [0.05, 0.1) is 25.5 Å². The van der Waals surface area contributed by atoms with Crippen molar-refractivity contribution in [3.63, 3.8) is 0 Å². The first-order valence-corrected chi connectivity index (χ1v) is 8.01. The van der Waals surface area contributed by atoms with Crippen molar-refractivity contribution in [1.29, 1.82) is 0 Å². The summed E-state index contributed by atoms with van der Waals surface area (Å²) in [7, 11) is 3.12. The number of ether oxygens (including phenoxy) is 2. The van der Waals surface area contributed by atoms with Crippen LogP contribution in [0.15, 0.2) is 42.6 Å². The average molecular weight is 422 g/mol. The first-order chi connectivity index (χ1) is 11.1. The molecule has 0 saturated carbocycles. The van der Waals surface area contributed by atoms with Gasteiger partial charge in [-0.3, -0.25) is 4.79 Å². The van der Waals surface area contributed by atoms with Crippen LogP contribution in [0.3, 0.4) is 0 Å².